The van der Waals surface area contributed by atoms with Gasteiger partial charge in [-0.25, -0.2) is 8.78 Å². The molecule has 0 fully saturated rings. The van der Waals surface area contributed by atoms with Crippen LogP contribution in [0.15, 0.2) is 6.20 Å². The Morgan fingerprint density at radius 3 is 2.29 bits per heavy atom. The number of rotatable bonds is 2. The van der Waals surface area contributed by atoms with Crippen LogP contribution in [0.4, 0.5) is 27.8 Å². The highest BCUT2D eigenvalue weighted by atomic mass is 127. The van der Waals surface area contributed by atoms with Gasteiger partial charge < -0.3 is 10.1 Å². The molecule has 0 spiro atoms. The van der Waals surface area contributed by atoms with Gasteiger partial charge in [0.15, 0.2) is 0 Å². The molecule has 0 N–H and O–H groups in total. The van der Waals surface area contributed by atoms with E-state index in [1.807, 2.05) is 0 Å². The quantitative estimate of drug-likeness (QED) is 0.347. The third kappa shape index (κ3) is 2.79. The molecule has 0 saturated heterocycles. The van der Waals surface area contributed by atoms with Gasteiger partial charge in [0, 0.05) is 0 Å². The molecule has 0 bridgehead atoms. The fourth-order valence-corrected chi connectivity index (χ4v) is 2.02. The third-order valence-corrected chi connectivity index (χ3v) is 2.74. The summed E-state index contributed by atoms with van der Waals surface area (Å²) >= 11 is 0.983. The average molecular weight is 368 g/mol. The molecule has 1 aromatic heterocycles. The van der Waals surface area contributed by atoms with Gasteiger partial charge in [-0.2, -0.15) is 13.2 Å². The van der Waals surface area contributed by atoms with Gasteiger partial charge in [-0.05, 0) is 32.5 Å². The van der Waals surface area contributed by atoms with Gasteiger partial charge in [0.25, 0.3) is 6.43 Å². The van der Waals surface area contributed by atoms with Crippen LogP contribution in [-0.2, 0) is 6.18 Å². The summed E-state index contributed by atoms with van der Waals surface area (Å²) in [6, 6.07) is 0. The Bertz CT molecular complexity index is 462. The zero-order chi connectivity index (χ0) is 13.4. The molecule has 1 rings (SSSR count). The van der Waals surface area contributed by atoms with Crippen molar-refractivity contribution in [2.24, 2.45) is 0 Å². The summed E-state index contributed by atoms with van der Waals surface area (Å²) in [4.78, 5) is 12.2. The summed E-state index contributed by atoms with van der Waals surface area (Å²) in [7, 11) is 0. The van der Waals surface area contributed by atoms with Crippen molar-refractivity contribution in [3.8, 4) is 0 Å². The number of pyridine rings is 1. The Morgan fingerprint density at radius 1 is 1.41 bits per heavy atom. The second kappa shape index (κ2) is 4.66. The molecular weight excluding hydrogens is 366 g/mol. The fraction of sp³-hybridized carbons (Fsp3) is 0.286. The molecule has 0 radical (unpaired) electrons. The first-order valence-electron chi connectivity index (χ1n) is 3.84. The van der Waals surface area contributed by atoms with Gasteiger partial charge in [-0.3, -0.25) is 0 Å². The monoisotopic (exact) mass is 368 g/mol. The molecule has 17 heavy (non-hydrogen) atoms. The van der Waals surface area contributed by atoms with E-state index in [0.29, 0.717) is 0 Å². The summed E-state index contributed by atoms with van der Waals surface area (Å²) in [5.41, 5.74) is -3.08. The lowest BCUT2D eigenvalue weighted by Gasteiger charge is -2.12. The summed E-state index contributed by atoms with van der Waals surface area (Å²) in [5.74, 6) is -1.10. The van der Waals surface area contributed by atoms with E-state index in [-0.39, 0.29) is 6.20 Å². The van der Waals surface area contributed by atoms with E-state index < -0.39 is 38.0 Å². The Labute approximate surface area is 104 Å². The van der Waals surface area contributed by atoms with Crippen molar-refractivity contribution in [1.82, 2.24) is 4.98 Å². The molecular formula is C7H2F5IN2O2. The van der Waals surface area contributed by atoms with Crippen molar-refractivity contribution in [1.29, 1.82) is 0 Å². The summed E-state index contributed by atoms with van der Waals surface area (Å²) in [6.45, 7) is 0. The van der Waals surface area contributed by atoms with Gasteiger partial charge >= 0.3 is 12.0 Å². The van der Waals surface area contributed by atoms with Crippen LogP contribution in [0.25, 0.3) is 0 Å². The molecule has 0 aliphatic rings. The van der Waals surface area contributed by atoms with Crippen LogP contribution in [0.5, 0.6) is 0 Å². The number of nitro groups is 1. The summed E-state index contributed by atoms with van der Waals surface area (Å²) in [5, 5.41) is 10.4. The normalized spacial score (nSPS) is 11.9. The van der Waals surface area contributed by atoms with Gasteiger partial charge in [0.2, 0.25) is 0 Å². The smallest absolute Gasteiger partial charge is 0.358 e. The maximum Gasteiger partial charge on any atom is 0.418 e. The minimum atomic E-state index is -5.10. The SMILES string of the molecule is O=[N+]([O-])c1ncc(C(F)F)c(C(F)(F)F)c1I. The molecule has 0 unspecified atom stereocenters. The van der Waals surface area contributed by atoms with Gasteiger partial charge in [-0.1, -0.05) is 0 Å². The standard InChI is InChI=1S/C7H2F5IN2O2/c8-5(9)2-1-14-6(15(16)17)4(13)3(2)7(10,11)12/h1,5H. The minimum Gasteiger partial charge on any atom is -0.358 e. The Balaban J connectivity index is 3.59. The molecule has 0 aliphatic carbocycles. The molecule has 94 valence electrons. The highest BCUT2D eigenvalue weighted by molar-refractivity contribution is 14.1. The van der Waals surface area contributed by atoms with E-state index in [1.165, 1.54) is 0 Å². The Kier molecular flexibility index (Phi) is 3.84. The number of alkyl halides is 5. The van der Waals surface area contributed by atoms with Crippen molar-refractivity contribution >= 4 is 28.4 Å². The van der Waals surface area contributed by atoms with Crippen molar-refractivity contribution < 1.29 is 26.9 Å². The Hall–Kier alpha value is -1.07. The van der Waals surface area contributed by atoms with Gasteiger partial charge in [0.1, 0.15) is 9.77 Å². The van der Waals surface area contributed by atoms with Crippen LogP contribution >= 0.6 is 22.6 Å². The largest absolute Gasteiger partial charge is 0.418 e. The van der Waals surface area contributed by atoms with E-state index in [0.717, 1.165) is 22.6 Å². The maximum atomic E-state index is 12.5. The van der Waals surface area contributed by atoms with E-state index in [1.54, 1.807) is 0 Å². The van der Waals surface area contributed by atoms with E-state index in [2.05, 4.69) is 4.98 Å². The van der Waals surface area contributed by atoms with E-state index in [4.69, 9.17) is 0 Å². The Morgan fingerprint density at radius 2 is 1.94 bits per heavy atom. The van der Waals surface area contributed by atoms with Crippen molar-refractivity contribution in [3.63, 3.8) is 0 Å². The van der Waals surface area contributed by atoms with Crippen LogP contribution in [0.3, 0.4) is 0 Å². The van der Waals surface area contributed by atoms with E-state index in [9.17, 15) is 32.1 Å². The van der Waals surface area contributed by atoms with Crippen molar-refractivity contribution in [2.45, 2.75) is 12.6 Å². The highest BCUT2D eigenvalue weighted by Crippen LogP contribution is 2.41. The average Bonchev–Trinajstić information content (AvgIpc) is 2.14. The zero-order valence-corrected chi connectivity index (χ0v) is 9.79. The number of halogens is 6. The van der Waals surface area contributed by atoms with Crippen molar-refractivity contribution in [3.05, 3.63) is 31.0 Å². The van der Waals surface area contributed by atoms with Crippen LogP contribution in [0.1, 0.15) is 17.6 Å². The molecule has 0 amide bonds. The topological polar surface area (TPSA) is 56.0 Å². The van der Waals surface area contributed by atoms with Gasteiger partial charge in [-0.15, -0.1) is 0 Å². The van der Waals surface area contributed by atoms with Crippen LogP contribution in [0, 0.1) is 13.7 Å². The molecule has 10 heteroatoms. The predicted octanol–water partition coefficient (Wildman–Crippen LogP) is 3.55. The molecule has 1 heterocycles. The number of nitrogens with zero attached hydrogens (tertiary/aromatic N) is 2. The lowest BCUT2D eigenvalue weighted by Crippen LogP contribution is -2.14. The third-order valence-electron chi connectivity index (χ3n) is 1.72. The first-order valence-corrected chi connectivity index (χ1v) is 4.92. The lowest BCUT2D eigenvalue weighted by atomic mass is 10.1. The second-order valence-electron chi connectivity index (χ2n) is 2.78. The first-order chi connectivity index (χ1) is 7.66. The van der Waals surface area contributed by atoms with Crippen LogP contribution in [-0.4, -0.2) is 9.91 Å². The lowest BCUT2D eigenvalue weighted by molar-refractivity contribution is -0.390. The number of hydrogen-bond acceptors (Lipinski definition) is 3. The molecule has 4 nitrogen and oxygen atoms in total. The minimum absolute atomic E-state index is 0.174. The highest BCUT2D eigenvalue weighted by Gasteiger charge is 2.42. The number of hydrogen-bond donors (Lipinski definition) is 0. The van der Waals surface area contributed by atoms with Gasteiger partial charge in [0.05, 0.1) is 11.1 Å². The maximum absolute atomic E-state index is 12.5. The molecule has 0 saturated carbocycles. The molecule has 0 aliphatic heterocycles. The first kappa shape index (κ1) is 14.0. The summed E-state index contributed by atoms with van der Waals surface area (Å²) < 4.78 is 61.3. The second-order valence-corrected chi connectivity index (χ2v) is 3.86. The van der Waals surface area contributed by atoms with E-state index >= 15 is 0 Å². The molecule has 0 atom stereocenters. The molecule has 1 aromatic rings. The van der Waals surface area contributed by atoms with Crippen molar-refractivity contribution in [2.75, 3.05) is 0 Å². The number of aromatic nitrogens is 1. The zero-order valence-electron chi connectivity index (χ0n) is 7.63. The molecule has 0 aromatic carbocycles. The van der Waals surface area contributed by atoms with Crippen LogP contribution < -0.4 is 0 Å². The predicted molar refractivity (Wildman–Crippen MR) is 53.6 cm³/mol. The van der Waals surface area contributed by atoms with Crippen LogP contribution in [0.2, 0.25) is 0 Å². The fourth-order valence-electron chi connectivity index (χ4n) is 1.07. The summed E-state index contributed by atoms with van der Waals surface area (Å²) in [6.07, 6.45) is -8.34.